The molecule has 0 radical (unpaired) electrons. The number of anilines is 1. The SMILES string of the molecule is CCCOc1cc(NC2CC2c2ccccc2)ncn1. The van der Waals surface area contributed by atoms with Crippen molar-refractivity contribution in [3.8, 4) is 5.88 Å². The zero-order valence-corrected chi connectivity index (χ0v) is 11.6. The van der Waals surface area contributed by atoms with Gasteiger partial charge in [0.1, 0.15) is 12.1 Å². The molecular formula is C16H19N3O. The van der Waals surface area contributed by atoms with Crippen molar-refractivity contribution >= 4 is 5.82 Å². The number of nitrogens with zero attached hydrogens (tertiary/aromatic N) is 2. The summed E-state index contributed by atoms with van der Waals surface area (Å²) in [6.45, 7) is 2.77. The lowest BCUT2D eigenvalue weighted by Gasteiger charge is -2.07. The monoisotopic (exact) mass is 269 g/mol. The van der Waals surface area contributed by atoms with Crippen LogP contribution in [0.25, 0.3) is 0 Å². The van der Waals surface area contributed by atoms with Crippen molar-refractivity contribution in [3.63, 3.8) is 0 Å². The maximum absolute atomic E-state index is 5.52. The Kier molecular flexibility index (Phi) is 3.81. The molecule has 1 aromatic heterocycles. The molecule has 1 aromatic carbocycles. The van der Waals surface area contributed by atoms with Crippen molar-refractivity contribution in [3.05, 3.63) is 48.3 Å². The summed E-state index contributed by atoms with van der Waals surface area (Å²) in [5.41, 5.74) is 1.39. The lowest BCUT2D eigenvalue weighted by molar-refractivity contribution is 0.305. The Morgan fingerprint density at radius 1 is 1.25 bits per heavy atom. The number of hydrogen-bond acceptors (Lipinski definition) is 4. The number of ether oxygens (including phenoxy) is 1. The van der Waals surface area contributed by atoms with E-state index in [-0.39, 0.29) is 0 Å². The van der Waals surface area contributed by atoms with Gasteiger partial charge >= 0.3 is 0 Å². The third-order valence-electron chi connectivity index (χ3n) is 3.45. The van der Waals surface area contributed by atoms with Crippen LogP contribution in [0, 0.1) is 0 Å². The van der Waals surface area contributed by atoms with Crippen molar-refractivity contribution in [1.29, 1.82) is 0 Å². The van der Waals surface area contributed by atoms with E-state index in [4.69, 9.17) is 4.74 Å². The first kappa shape index (κ1) is 12.9. The van der Waals surface area contributed by atoms with E-state index in [1.54, 1.807) is 6.33 Å². The lowest BCUT2D eigenvalue weighted by Crippen LogP contribution is -2.07. The number of hydrogen-bond donors (Lipinski definition) is 1. The molecule has 1 fully saturated rings. The van der Waals surface area contributed by atoms with Gasteiger partial charge in [0, 0.05) is 18.0 Å². The molecule has 2 aromatic rings. The lowest BCUT2D eigenvalue weighted by atomic mass is 10.1. The number of nitrogens with one attached hydrogen (secondary N) is 1. The molecular weight excluding hydrogens is 250 g/mol. The molecule has 2 unspecified atom stereocenters. The Hall–Kier alpha value is -2.10. The number of benzene rings is 1. The van der Waals surface area contributed by atoms with Gasteiger partial charge in [-0.3, -0.25) is 0 Å². The van der Waals surface area contributed by atoms with E-state index in [9.17, 15) is 0 Å². The maximum atomic E-state index is 5.52. The Balaban J connectivity index is 1.59. The average Bonchev–Trinajstić information content (AvgIpc) is 3.26. The standard InChI is InChI=1S/C16H19N3O/c1-2-8-20-16-10-15(17-11-18-16)19-14-9-13(14)12-6-4-3-5-7-12/h3-7,10-11,13-14H,2,8-9H2,1H3,(H,17,18,19). The summed E-state index contributed by atoms with van der Waals surface area (Å²) in [4.78, 5) is 8.36. The smallest absolute Gasteiger partial charge is 0.218 e. The van der Waals surface area contributed by atoms with Crippen LogP contribution < -0.4 is 10.1 Å². The van der Waals surface area contributed by atoms with Crippen LogP contribution >= 0.6 is 0 Å². The summed E-state index contributed by atoms with van der Waals surface area (Å²) in [5, 5.41) is 3.45. The van der Waals surface area contributed by atoms with Gasteiger partial charge in [-0.1, -0.05) is 37.3 Å². The van der Waals surface area contributed by atoms with Gasteiger partial charge in [0.15, 0.2) is 0 Å². The highest BCUT2D eigenvalue weighted by molar-refractivity contribution is 5.43. The predicted octanol–water partition coefficient (Wildman–Crippen LogP) is 3.23. The van der Waals surface area contributed by atoms with Crippen molar-refractivity contribution < 1.29 is 4.74 Å². The van der Waals surface area contributed by atoms with Gasteiger partial charge in [-0.05, 0) is 18.4 Å². The van der Waals surface area contributed by atoms with Crippen molar-refractivity contribution in [1.82, 2.24) is 9.97 Å². The van der Waals surface area contributed by atoms with Crippen LogP contribution in [-0.2, 0) is 0 Å². The quantitative estimate of drug-likeness (QED) is 0.874. The van der Waals surface area contributed by atoms with Gasteiger partial charge in [-0.15, -0.1) is 0 Å². The van der Waals surface area contributed by atoms with E-state index in [1.165, 1.54) is 5.56 Å². The van der Waals surface area contributed by atoms with Crippen molar-refractivity contribution in [2.75, 3.05) is 11.9 Å². The van der Waals surface area contributed by atoms with Crippen LogP contribution in [0.15, 0.2) is 42.7 Å². The van der Waals surface area contributed by atoms with Crippen LogP contribution in [0.2, 0.25) is 0 Å². The molecule has 4 heteroatoms. The van der Waals surface area contributed by atoms with E-state index in [0.29, 0.717) is 24.4 Å². The molecule has 0 amide bonds. The largest absolute Gasteiger partial charge is 0.478 e. The molecule has 4 nitrogen and oxygen atoms in total. The van der Waals surface area contributed by atoms with E-state index in [2.05, 4.69) is 52.5 Å². The number of aromatic nitrogens is 2. The minimum absolute atomic E-state index is 0.464. The highest BCUT2D eigenvalue weighted by Crippen LogP contribution is 2.42. The zero-order chi connectivity index (χ0) is 13.8. The van der Waals surface area contributed by atoms with Crippen LogP contribution in [0.5, 0.6) is 5.88 Å². The molecule has 0 saturated heterocycles. The maximum Gasteiger partial charge on any atom is 0.218 e. The summed E-state index contributed by atoms with van der Waals surface area (Å²) in [6, 6.07) is 12.9. The Morgan fingerprint density at radius 3 is 2.90 bits per heavy atom. The van der Waals surface area contributed by atoms with Crippen LogP contribution in [0.3, 0.4) is 0 Å². The van der Waals surface area contributed by atoms with Crippen molar-refractivity contribution in [2.45, 2.75) is 31.7 Å². The third kappa shape index (κ3) is 3.07. The third-order valence-corrected chi connectivity index (χ3v) is 3.45. The first-order valence-electron chi connectivity index (χ1n) is 7.13. The van der Waals surface area contributed by atoms with Crippen LogP contribution in [-0.4, -0.2) is 22.6 Å². The summed E-state index contributed by atoms with van der Waals surface area (Å²) >= 11 is 0. The molecule has 20 heavy (non-hydrogen) atoms. The summed E-state index contributed by atoms with van der Waals surface area (Å²) in [5.74, 6) is 2.07. The van der Waals surface area contributed by atoms with Gasteiger partial charge in [-0.25, -0.2) is 9.97 Å². The Morgan fingerprint density at radius 2 is 2.10 bits per heavy atom. The fourth-order valence-corrected chi connectivity index (χ4v) is 2.32. The summed E-state index contributed by atoms with van der Waals surface area (Å²) in [6.07, 6.45) is 3.68. The van der Waals surface area contributed by atoms with E-state index in [1.807, 2.05) is 6.07 Å². The van der Waals surface area contributed by atoms with E-state index >= 15 is 0 Å². The summed E-state index contributed by atoms with van der Waals surface area (Å²) < 4.78 is 5.52. The fourth-order valence-electron chi connectivity index (χ4n) is 2.32. The average molecular weight is 269 g/mol. The highest BCUT2D eigenvalue weighted by atomic mass is 16.5. The van der Waals surface area contributed by atoms with Gasteiger partial charge in [-0.2, -0.15) is 0 Å². The minimum atomic E-state index is 0.464. The van der Waals surface area contributed by atoms with E-state index in [0.717, 1.165) is 18.7 Å². The molecule has 2 atom stereocenters. The molecule has 1 heterocycles. The Bertz CT molecular complexity index is 559. The molecule has 1 aliphatic carbocycles. The van der Waals surface area contributed by atoms with Gasteiger partial charge < -0.3 is 10.1 Å². The second-order valence-electron chi connectivity index (χ2n) is 5.09. The van der Waals surface area contributed by atoms with Crippen LogP contribution in [0.1, 0.15) is 31.2 Å². The second-order valence-corrected chi connectivity index (χ2v) is 5.09. The zero-order valence-electron chi connectivity index (χ0n) is 11.6. The topological polar surface area (TPSA) is 47.0 Å². The predicted molar refractivity (Wildman–Crippen MR) is 79.0 cm³/mol. The van der Waals surface area contributed by atoms with Gasteiger partial charge in [0.2, 0.25) is 5.88 Å². The first-order valence-corrected chi connectivity index (χ1v) is 7.13. The molecule has 1 saturated carbocycles. The van der Waals surface area contributed by atoms with E-state index < -0.39 is 0 Å². The first-order chi connectivity index (χ1) is 9.86. The van der Waals surface area contributed by atoms with Gasteiger partial charge in [0.05, 0.1) is 6.61 Å². The normalized spacial score (nSPS) is 20.4. The molecule has 0 bridgehead atoms. The molecule has 1 N–H and O–H groups in total. The Labute approximate surface area is 119 Å². The molecule has 1 aliphatic rings. The minimum Gasteiger partial charge on any atom is -0.478 e. The fraction of sp³-hybridized carbons (Fsp3) is 0.375. The second kappa shape index (κ2) is 5.90. The summed E-state index contributed by atoms with van der Waals surface area (Å²) in [7, 11) is 0. The molecule has 3 rings (SSSR count). The van der Waals surface area contributed by atoms with Gasteiger partial charge in [0.25, 0.3) is 0 Å². The molecule has 0 spiro atoms. The van der Waals surface area contributed by atoms with Crippen LogP contribution in [0.4, 0.5) is 5.82 Å². The molecule has 0 aliphatic heterocycles. The number of rotatable bonds is 6. The molecule has 104 valence electrons. The highest BCUT2D eigenvalue weighted by Gasteiger charge is 2.38. The van der Waals surface area contributed by atoms with Crippen molar-refractivity contribution in [2.24, 2.45) is 0 Å².